The Bertz CT molecular complexity index is 726. The van der Waals surface area contributed by atoms with E-state index < -0.39 is 17.8 Å². The van der Waals surface area contributed by atoms with Crippen molar-refractivity contribution in [3.05, 3.63) is 51.7 Å². The minimum atomic E-state index is -0.908. The van der Waals surface area contributed by atoms with Gasteiger partial charge in [0.25, 0.3) is 5.91 Å². The van der Waals surface area contributed by atoms with Crippen molar-refractivity contribution in [1.29, 1.82) is 0 Å². The van der Waals surface area contributed by atoms with Crippen LogP contribution in [0, 0.1) is 5.82 Å². The molecule has 4 nitrogen and oxygen atoms in total. The van der Waals surface area contributed by atoms with Crippen molar-refractivity contribution in [1.82, 2.24) is 0 Å². The van der Waals surface area contributed by atoms with Gasteiger partial charge in [-0.05, 0) is 43.3 Å². The van der Waals surface area contributed by atoms with E-state index in [-0.39, 0.29) is 5.75 Å². The molecule has 0 radical (unpaired) electrons. The number of carbonyl (C=O) groups excluding carboxylic acids is 1. The fraction of sp³-hybridized carbons (Fsp3) is 0.188. The van der Waals surface area contributed by atoms with Gasteiger partial charge in [-0.2, -0.15) is 0 Å². The first-order valence-corrected chi connectivity index (χ1v) is 7.84. The van der Waals surface area contributed by atoms with Crippen LogP contribution in [0.4, 0.5) is 10.1 Å². The van der Waals surface area contributed by atoms with Gasteiger partial charge >= 0.3 is 0 Å². The normalized spacial score (nSPS) is 11.7. The molecule has 1 N–H and O–H groups in total. The van der Waals surface area contributed by atoms with Crippen molar-refractivity contribution in [2.45, 2.75) is 13.0 Å². The Morgan fingerprint density at radius 3 is 2.61 bits per heavy atom. The average molecular weight is 403 g/mol. The lowest BCUT2D eigenvalue weighted by Crippen LogP contribution is -2.30. The van der Waals surface area contributed by atoms with Crippen molar-refractivity contribution >= 4 is 39.1 Å². The zero-order chi connectivity index (χ0) is 17.0. The smallest absolute Gasteiger partial charge is 0.265 e. The average Bonchev–Trinajstić information content (AvgIpc) is 2.50. The van der Waals surface area contributed by atoms with Crippen LogP contribution in [0.3, 0.4) is 0 Å². The largest absolute Gasteiger partial charge is 0.495 e. The van der Waals surface area contributed by atoms with Crippen molar-refractivity contribution in [3.8, 4) is 11.5 Å². The van der Waals surface area contributed by atoms with Gasteiger partial charge in [0.05, 0.1) is 12.8 Å². The monoisotopic (exact) mass is 401 g/mol. The minimum Gasteiger partial charge on any atom is -0.495 e. The van der Waals surface area contributed by atoms with Crippen molar-refractivity contribution < 1.29 is 18.7 Å². The van der Waals surface area contributed by atoms with Gasteiger partial charge in [0.15, 0.2) is 17.7 Å². The summed E-state index contributed by atoms with van der Waals surface area (Å²) in [7, 11) is 1.48. The topological polar surface area (TPSA) is 47.6 Å². The third-order valence-corrected chi connectivity index (χ3v) is 3.71. The third kappa shape index (κ3) is 4.59. The maximum Gasteiger partial charge on any atom is 0.265 e. The van der Waals surface area contributed by atoms with E-state index in [4.69, 9.17) is 21.1 Å². The Morgan fingerprint density at radius 2 is 1.96 bits per heavy atom. The van der Waals surface area contributed by atoms with Gasteiger partial charge in [0.2, 0.25) is 0 Å². The van der Waals surface area contributed by atoms with Gasteiger partial charge in [-0.1, -0.05) is 27.5 Å². The Labute approximate surface area is 146 Å². The molecule has 0 heterocycles. The molecule has 122 valence electrons. The minimum absolute atomic E-state index is 0.00564. The predicted octanol–water partition coefficient (Wildman–Crippen LogP) is 4.66. The lowest BCUT2D eigenvalue weighted by Gasteiger charge is -2.16. The van der Waals surface area contributed by atoms with E-state index in [1.165, 1.54) is 26.2 Å². The molecule has 0 fully saturated rings. The van der Waals surface area contributed by atoms with E-state index in [0.29, 0.717) is 20.9 Å². The molecule has 0 aliphatic rings. The number of hydrogen-bond acceptors (Lipinski definition) is 3. The molecule has 0 spiro atoms. The molecule has 0 saturated carbocycles. The number of amides is 1. The van der Waals surface area contributed by atoms with Gasteiger partial charge in [-0.3, -0.25) is 4.79 Å². The number of hydrogen-bond donors (Lipinski definition) is 1. The fourth-order valence-corrected chi connectivity index (χ4v) is 2.33. The number of rotatable bonds is 5. The number of halogens is 3. The number of carbonyl (C=O) groups is 1. The maximum absolute atomic E-state index is 13.7. The van der Waals surface area contributed by atoms with Crippen LogP contribution in [-0.2, 0) is 4.79 Å². The van der Waals surface area contributed by atoms with E-state index in [2.05, 4.69) is 21.2 Å². The third-order valence-electron chi connectivity index (χ3n) is 2.99. The molecule has 1 atom stereocenters. The van der Waals surface area contributed by atoms with E-state index in [0.717, 1.165) is 0 Å². The van der Waals surface area contributed by atoms with Crippen LogP contribution in [0.25, 0.3) is 0 Å². The number of anilines is 1. The van der Waals surface area contributed by atoms with Gasteiger partial charge in [-0.25, -0.2) is 4.39 Å². The highest BCUT2D eigenvalue weighted by molar-refractivity contribution is 9.10. The second kappa shape index (κ2) is 7.66. The lowest BCUT2D eigenvalue weighted by molar-refractivity contribution is -0.122. The van der Waals surface area contributed by atoms with E-state index in [1.54, 1.807) is 24.3 Å². The quantitative estimate of drug-likeness (QED) is 0.791. The summed E-state index contributed by atoms with van der Waals surface area (Å²) >= 11 is 9.07. The number of nitrogens with one attached hydrogen (secondary N) is 1. The van der Waals surface area contributed by atoms with Gasteiger partial charge in [-0.15, -0.1) is 0 Å². The van der Waals surface area contributed by atoms with Crippen LogP contribution < -0.4 is 14.8 Å². The molecule has 0 unspecified atom stereocenters. The molecule has 0 aliphatic heterocycles. The maximum atomic E-state index is 13.7. The highest BCUT2D eigenvalue weighted by Crippen LogP contribution is 2.28. The first kappa shape index (κ1) is 17.6. The number of benzene rings is 2. The summed E-state index contributed by atoms with van der Waals surface area (Å²) in [5.74, 6) is -0.550. The Hall–Kier alpha value is -1.79. The molecule has 0 saturated heterocycles. The molecule has 0 bridgehead atoms. The molecule has 2 aromatic rings. The van der Waals surface area contributed by atoms with E-state index in [9.17, 15) is 9.18 Å². The number of methoxy groups -OCH3 is 1. The molecule has 1 amide bonds. The zero-order valence-electron chi connectivity index (χ0n) is 12.4. The van der Waals surface area contributed by atoms with Gasteiger partial charge in [0, 0.05) is 9.50 Å². The van der Waals surface area contributed by atoms with Gasteiger partial charge < -0.3 is 14.8 Å². The summed E-state index contributed by atoms with van der Waals surface area (Å²) in [5.41, 5.74) is 0.414. The van der Waals surface area contributed by atoms with Crippen LogP contribution in [0.1, 0.15) is 6.92 Å². The first-order valence-electron chi connectivity index (χ1n) is 6.67. The highest BCUT2D eigenvalue weighted by atomic mass is 79.9. The Balaban J connectivity index is 2.10. The van der Waals surface area contributed by atoms with E-state index in [1.807, 2.05) is 0 Å². The first-order chi connectivity index (χ1) is 10.9. The van der Waals surface area contributed by atoms with Crippen molar-refractivity contribution in [2.75, 3.05) is 12.4 Å². The Morgan fingerprint density at radius 1 is 1.26 bits per heavy atom. The summed E-state index contributed by atoms with van der Waals surface area (Å²) < 4.78 is 24.8. The Kier molecular flexibility index (Phi) is 5.85. The summed E-state index contributed by atoms with van der Waals surface area (Å²) in [6.45, 7) is 1.52. The summed E-state index contributed by atoms with van der Waals surface area (Å²) in [4.78, 5) is 12.2. The molecule has 7 heteroatoms. The van der Waals surface area contributed by atoms with Crippen molar-refractivity contribution in [2.24, 2.45) is 0 Å². The fourth-order valence-electron chi connectivity index (χ4n) is 1.83. The number of ether oxygens (including phenoxy) is 2. The summed E-state index contributed by atoms with van der Waals surface area (Å²) in [6, 6.07) is 9.18. The van der Waals surface area contributed by atoms with E-state index >= 15 is 0 Å². The van der Waals surface area contributed by atoms with Crippen LogP contribution in [0.5, 0.6) is 11.5 Å². The standard InChI is InChI=1S/C16H14BrClFNO3/c1-9(23-14-5-3-10(17)7-12(14)19)16(21)20-13-8-11(18)4-6-15(13)22-2/h3-9H,1-2H3,(H,20,21)/t9-/m1/s1. The molecule has 2 aromatic carbocycles. The second-order valence-corrected chi connectivity index (χ2v) is 6.02. The van der Waals surface area contributed by atoms with Crippen molar-refractivity contribution in [3.63, 3.8) is 0 Å². The van der Waals surface area contributed by atoms with Crippen LogP contribution in [0.2, 0.25) is 5.02 Å². The SMILES string of the molecule is COc1ccc(Cl)cc1NC(=O)[C@@H](C)Oc1ccc(Br)cc1F. The molecule has 2 rings (SSSR count). The summed E-state index contributed by atoms with van der Waals surface area (Å²) in [6.07, 6.45) is -0.908. The van der Waals surface area contributed by atoms with Crippen LogP contribution in [0.15, 0.2) is 40.9 Å². The predicted molar refractivity (Wildman–Crippen MR) is 90.8 cm³/mol. The lowest BCUT2D eigenvalue weighted by atomic mass is 10.2. The van der Waals surface area contributed by atoms with Crippen LogP contribution >= 0.6 is 27.5 Å². The van der Waals surface area contributed by atoms with Crippen LogP contribution in [-0.4, -0.2) is 19.1 Å². The zero-order valence-corrected chi connectivity index (χ0v) is 14.7. The highest BCUT2D eigenvalue weighted by Gasteiger charge is 2.18. The summed E-state index contributed by atoms with van der Waals surface area (Å²) in [5, 5.41) is 3.10. The molecular formula is C16H14BrClFNO3. The molecule has 23 heavy (non-hydrogen) atoms. The molecule has 0 aromatic heterocycles. The van der Waals surface area contributed by atoms with Gasteiger partial charge in [0.1, 0.15) is 5.75 Å². The second-order valence-electron chi connectivity index (χ2n) is 4.67. The molecule has 0 aliphatic carbocycles. The molecular weight excluding hydrogens is 389 g/mol.